The highest BCUT2D eigenvalue weighted by Gasteiger charge is 2.09. The minimum atomic E-state index is -0.232. The van der Waals surface area contributed by atoms with Crippen LogP contribution in [0.15, 0.2) is 34.9 Å². The van der Waals surface area contributed by atoms with E-state index in [-0.39, 0.29) is 12.5 Å². The number of carbonyl (C=O) groups is 2. The van der Waals surface area contributed by atoms with Gasteiger partial charge in [0.25, 0.3) is 5.91 Å². The zero-order chi connectivity index (χ0) is 15.2. The van der Waals surface area contributed by atoms with E-state index in [2.05, 4.69) is 5.32 Å². The topological polar surface area (TPSA) is 68.5 Å². The molecule has 0 saturated carbocycles. The molecule has 0 aliphatic heterocycles. The number of rotatable bonds is 6. The van der Waals surface area contributed by atoms with Gasteiger partial charge in [-0.25, -0.2) is 0 Å². The van der Waals surface area contributed by atoms with E-state index in [1.54, 1.807) is 30.5 Å². The number of hydrogen-bond donors (Lipinski definition) is 1. The Labute approximate surface area is 122 Å². The number of hydrogen-bond acceptors (Lipinski definition) is 4. The molecule has 0 bridgehead atoms. The lowest BCUT2D eigenvalue weighted by Crippen LogP contribution is -2.28. The van der Waals surface area contributed by atoms with Crippen molar-refractivity contribution in [3.8, 4) is 5.75 Å². The van der Waals surface area contributed by atoms with E-state index in [9.17, 15) is 9.59 Å². The van der Waals surface area contributed by atoms with Crippen LogP contribution in [0, 0.1) is 13.8 Å². The van der Waals surface area contributed by atoms with Crippen LogP contribution in [0.5, 0.6) is 5.75 Å². The summed E-state index contributed by atoms with van der Waals surface area (Å²) < 4.78 is 10.7. The lowest BCUT2D eigenvalue weighted by molar-refractivity contribution is -0.123. The third kappa shape index (κ3) is 3.95. The predicted octanol–water partition coefficient (Wildman–Crippen LogP) is 2.40. The van der Waals surface area contributed by atoms with E-state index >= 15 is 0 Å². The first-order chi connectivity index (χ1) is 10.1. The van der Waals surface area contributed by atoms with E-state index < -0.39 is 0 Å². The molecule has 2 aromatic rings. The molecule has 1 aromatic heterocycles. The van der Waals surface area contributed by atoms with Gasteiger partial charge < -0.3 is 14.5 Å². The van der Waals surface area contributed by atoms with E-state index in [0.29, 0.717) is 23.6 Å². The quantitative estimate of drug-likeness (QED) is 0.828. The lowest BCUT2D eigenvalue weighted by atomic mass is 10.1. The van der Waals surface area contributed by atoms with Gasteiger partial charge in [-0.1, -0.05) is 0 Å². The largest absolute Gasteiger partial charge is 0.483 e. The Kier molecular flexibility index (Phi) is 4.77. The summed E-state index contributed by atoms with van der Waals surface area (Å²) >= 11 is 0. The van der Waals surface area contributed by atoms with Crippen LogP contribution < -0.4 is 10.1 Å². The average Bonchev–Trinajstić information content (AvgIpc) is 2.97. The molecule has 21 heavy (non-hydrogen) atoms. The minimum absolute atomic E-state index is 0.0805. The van der Waals surface area contributed by atoms with Gasteiger partial charge in [0.1, 0.15) is 17.8 Å². The maximum Gasteiger partial charge on any atom is 0.258 e. The van der Waals surface area contributed by atoms with Crippen LogP contribution in [0.4, 0.5) is 0 Å². The fourth-order valence-corrected chi connectivity index (χ4v) is 2.07. The number of benzene rings is 1. The zero-order valence-corrected chi connectivity index (χ0v) is 12.0. The van der Waals surface area contributed by atoms with Gasteiger partial charge in [0.05, 0.1) is 12.8 Å². The first kappa shape index (κ1) is 14.8. The van der Waals surface area contributed by atoms with Gasteiger partial charge >= 0.3 is 0 Å². The summed E-state index contributed by atoms with van der Waals surface area (Å²) in [5, 5.41) is 2.70. The van der Waals surface area contributed by atoms with Gasteiger partial charge in [-0.3, -0.25) is 9.59 Å². The molecule has 0 aliphatic rings. The maximum absolute atomic E-state index is 11.7. The standard InChI is InChI=1S/C16H17NO4/c1-11-6-13(9-18)7-12(2)16(11)21-10-15(19)17-8-14-4-3-5-20-14/h3-7,9H,8,10H2,1-2H3,(H,17,19). The van der Waals surface area contributed by atoms with Crippen LogP contribution in [-0.2, 0) is 11.3 Å². The summed E-state index contributed by atoms with van der Waals surface area (Å²) in [5.74, 6) is 1.09. The molecule has 110 valence electrons. The summed E-state index contributed by atoms with van der Waals surface area (Å²) in [5.41, 5.74) is 2.26. The van der Waals surface area contributed by atoms with Gasteiger partial charge in [0.15, 0.2) is 6.61 Å². The number of furan rings is 1. The van der Waals surface area contributed by atoms with Crippen molar-refractivity contribution >= 4 is 12.2 Å². The normalized spacial score (nSPS) is 10.2. The molecule has 2 rings (SSSR count). The van der Waals surface area contributed by atoms with Crippen LogP contribution in [0.2, 0.25) is 0 Å². The van der Waals surface area contributed by atoms with Crippen molar-refractivity contribution in [1.29, 1.82) is 0 Å². The molecule has 0 atom stereocenters. The third-order valence-corrected chi connectivity index (χ3v) is 3.01. The third-order valence-electron chi connectivity index (χ3n) is 3.01. The highest BCUT2D eigenvalue weighted by atomic mass is 16.5. The predicted molar refractivity (Wildman–Crippen MR) is 77.4 cm³/mol. The fraction of sp³-hybridized carbons (Fsp3) is 0.250. The van der Waals surface area contributed by atoms with Gasteiger partial charge in [-0.05, 0) is 49.2 Å². The molecule has 1 aromatic carbocycles. The Morgan fingerprint density at radius 3 is 2.62 bits per heavy atom. The van der Waals surface area contributed by atoms with Gasteiger partial charge in [0.2, 0.25) is 0 Å². The molecule has 0 aliphatic carbocycles. The second kappa shape index (κ2) is 6.74. The van der Waals surface area contributed by atoms with Crippen molar-refractivity contribution in [1.82, 2.24) is 5.32 Å². The minimum Gasteiger partial charge on any atom is -0.483 e. The molecule has 0 radical (unpaired) electrons. The van der Waals surface area contributed by atoms with E-state index in [0.717, 1.165) is 17.4 Å². The van der Waals surface area contributed by atoms with Crippen molar-refractivity contribution in [2.75, 3.05) is 6.61 Å². The summed E-state index contributed by atoms with van der Waals surface area (Å²) in [6.45, 7) is 3.94. The summed E-state index contributed by atoms with van der Waals surface area (Å²) in [7, 11) is 0. The molecule has 0 spiro atoms. The number of aldehydes is 1. The second-order valence-electron chi connectivity index (χ2n) is 4.75. The smallest absolute Gasteiger partial charge is 0.258 e. The first-order valence-corrected chi connectivity index (χ1v) is 6.58. The summed E-state index contributed by atoms with van der Waals surface area (Å²) in [6.07, 6.45) is 2.35. The Morgan fingerprint density at radius 1 is 1.33 bits per heavy atom. The van der Waals surface area contributed by atoms with Gasteiger partial charge in [-0.2, -0.15) is 0 Å². The van der Waals surface area contributed by atoms with E-state index in [4.69, 9.17) is 9.15 Å². The Balaban J connectivity index is 1.90. The number of carbonyl (C=O) groups excluding carboxylic acids is 2. The SMILES string of the molecule is Cc1cc(C=O)cc(C)c1OCC(=O)NCc1ccco1. The fourth-order valence-electron chi connectivity index (χ4n) is 2.07. The van der Waals surface area contributed by atoms with E-state index in [1.165, 1.54) is 0 Å². The highest BCUT2D eigenvalue weighted by molar-refractivity contribution is 5.78. The molecule has 0 fully saturated rings. The van der Waals surface area contributed by atoms with Crippen LogP contribution >= 0.6 is 0 Å². The molecule has 1 heterocycles. The molecular weight excluding hydrogens is 270 g/mol. The molecule has 1 amide bonds. The second-order valence-corrected chi connectivity index (χ2v) is 4.75. The lowest BCUT2D eigenvalue weighted by Gasteiger charge is -2.12. The summed E-state index contributed by atoms with van der Waals surface area (Å²) in [4.78, 5) is 22.5. The van der Waals surface area contributed by atoms with Crippen molar-refractivity contribution in [2.45, 2.75) is 20.4 Å². The first-order valence-electron chi connectivity index (χ1n) is 6.58. The summed E-state index contributed by atoms with van der Waals surface area (Å²) in [6, 6.07) is 7.01. The van der Waals surface area contributed by atoms with Crippen molar-refractivity contribution < 1.29 is 18.7 Å². The molecular formula is C16H17NO4. The number of ether oxygens (including phenoxy) is 1. The Hall–Kier alpha value is -2.56. The van der Waals surface area contributed by atoms with Gasteiger partial charge in [0, 0.05) is 5.56 Å². The number of nitrogens with one attached hydrogen (secondary N) is 1. The van der Waals surface area contributed by atoms with Crippen LogP contribution in [0.1, 0.15) is 27.2 Å². The zero-order valence-electron chi connectivity index (χ0n) is 12.0. The monoisotopic (exact) mass is 287 g/mol. The maximum atomic E-state index is 11.7. The average molecular weight is 287 g/mol. The molecule has 5 nitrogen and oxygen atoms in total. The molecule has 5 heteroatoms. The van der Waals surface area contributed by atoms with Crippen LogP contribution in [0.3, 0.4) is 0 Å². The van der Waals surface area contributed by atoms with Crippen molar-refractivity contribution in [3.63, 3.8) is 0 Å². The van der Waals surface area contributed by atoms with Crippen LogP contribution in [0.25, 0.3) is 0 Å². The van der Waals surface area contributed by atoms with Crippen LogP contribution in [-0.4, -0.2) is 18.8 Å². The van der Waals surface area contributed by atoms with Gasteiger partial charge in [-0.15, -0.1) is 0 Å². The Bertz CT molecular complexity index is 609. The number of amides is 1. The molecule has 1 N–H and O–H groups in total. The Morgan fingerprint density at radius 2 is 2.05 bits per heavy atom. The van der Waals surface area contributed by atoms with E-state index in [1.807, 2.05) is 13.8 Å². The van der Waals surface area contributed by atoms with Crippen molar-refractivity contribution in [3.05, 3.63) is 53.0 Å². The number of aryl methyl sites for hydroxylation is 2. The highest BCUT2D eigenvalue weighted by Crippen LogP contribution is 2.24. The van der Waals surface area contributed by atoms with Crippen molar-refractivity contribution in [2.24, 2.45) is 0 Å². The molecule has 0 unspecified atom stereocenters. The molecule has 0 saturated heterocycles.